The fourth-order valence-corrected chi connectivity index (χ4v) is 0.530. The second kappa shape index (κ2) is 8.41. The van der Waals surface area contributed by atoms with E-state index in [-0.39, 0.29) is 0 Å². The molecule has 0 aromatic rings. The molecule has 3 heteroatoms. The summed E-state index contributed by atoms with van der Waals surface area (Å²) in [5, 5.41) is 11.1. The molecule has 0 atom stereocenters. The zero-order chi connectivity index (χ0) is 7.66. The number of hydrogen-bond acceptors (Lipinski definition) is 3. The number of nitrogens with one attached hydrogen (secondary N) is 1. The van der Waals surface area contributed by atoms with Crippen molar-refractivity contribution < 1.29 is 4.74 Å². The summed E-state index contributed by atoms with van der Waals surface area (Å²) in [6.07, 6.45) is 1.44. The molecule has 0 saturated heterocycles. The van der Waals surface area contributed by atoms with Crippen molar-refractivity contribution in [2.45, 2.75) is 12.8 Å². The first-order chi connectivity index (χ1) is 4.91. The van der Waals surface area contributed by atoms with Crippen LogP contribution in [0, 0.1) is 11.3 Å². The molecule has 0 saturated carbocycles. The number of nitriles is 1. The molecule has 0 aromatic heterocycles. The fraction of sp³-hybridized carbons (Fsp3) is 0.857. The third-order valence-corrected chi connectivity index (χ3v) is 1.07. The maximum Gasteiger partial charge on any atom is 0.0622 e. The highest BCUT2D eigenvalue weighted by molar-refractivity contribution is 4.67. The average Bonchev–Trinajstić information content (AvgIpc) is 1.97. The van der Waals surface area contributed by atoms with Crippen molar-refractivity contribution in [3.8, 4) is 6.07 Å². The van der Waals surface area contributed by atoms with E-state index in [1.54, 1.807) is 0 Å². The molecule has 0 aliphatic heterocycles. The van der Waals surface area contributed by atoms with Crippen LogP contribution in [0.5, 0.6) is 0 Å². The van der Waals surface area contributed by atoms with E-state index < -0.39 is 0 Å². The Morgan fingerprint density at radius 2 is 2.30 bits per heavy atom. The number of nitrogens with zero attached hydrogens (tertiary/aromatic N) is 1. The molecule has 0 unspecified atom stereocenters. The second-order valence-electron chi connectivity index (χ2n) is 1.98. The first-order valence-corrected chi connectivity index (χ1v) is 3.51. The van der Waals surface area contributed by atoms with Gasteiger partial charge in [0.15, 0.2) is 0 Å². The van der Waals surface area contributed by atoms with Crippen molar-refractivity contribution in [2.75, 3.05) is 26.8 Å². The van der Waals surface area contributed by atoms with E-state index in [9.17, 15) is 0 Å². The van der Waals surface area contributed by atoms with E-state index in [0.29, 0.717) is 13.0 Å². The van der Waals surface area contributed by atoms with Gasteiger partial charge in [-0.15, -0.1) is 0 Å². The predicted molar refractivity (Wildman–Crippen MR) is 39.6 cm³/mol. The van der Waals surface area contributed by atoms with Gasteiger partial charge in [0.2, 0.25) is 0 Å². The Balaban J connectivity index is 2.72. The van der Waals surface area contributed by atoms with Gasteiger partial charge in [-0.2, -0.15) is 5.26 Å². The van der Waals surface area contributed by atoms with Crippen LogP contribution in [0.1, 0.15) is 12.8 Å². The highest BCUT2D eigenvalue weighted by Crippen LogP contribution is 1.86. The minimum atomic E-state index is 0.597. The van der Waals surface area contributed by atoms with E-state index in [1.165, 1.54) is 0 Å². The van der Waals surface area contributed by atoms with Crippen molar-refractivity contribution in [3.63, 3.8) is 0 Å². The maximum atomic E-state index is 8.15. The first-order valence-electron chi connectivity index (χ1n) is 3.51. The van der Waals surface area contributed by atoms with Gasteiger partial charge in [-0.1, -0.05) is 0 Å². The van der Waals surface area contributed by atoms with Crippen LogP contribution in [0.3, 0.4) is 0 Å². The Kier molecular flexibility index (Phi) is 7.91. The number of unbranched alkanes of at least 4 members (excludes halogenated alkanes) is 1. The molecule has 10 heavy (non-hydrogen) atoms. The van der Waals surface area contributed by atoms with E-state index in [1.807, 2.05) is 7.05 Å². The van der Waals surface area contributed by atoms with Crippen LogP contribution in [-0.4, -0.2) is 26.8 Å². The molecule has 0 amide bonds. The van der Waals surface area contributed by atoms with E-state index in [0.717, 1.165) is 19.6 Å². The topological polar surface area (TPSA) is 45.0 Å². The van der Waals surface area contributed by atoms with E-state index in [4.69, 9.17) is 10.00 Å². The summed E-state index contributed by atoms with van der Waals surface area (Å²) in [6, 6.07) is 2.06. The van der Waals surface area contributed by atoms with Crippen molar-refractivity contribution in [3.05, 3.63) is 0 Å². The molecule has 0 rings (SSSR count). The van der Waals surface area contributed by atoms with E-state index in [2.05, 4.69) is 11.4 Å². The summed E-state index contributed by atoms with van der Waals surface area (Å²) in [7, 11) is 1.89. The molecule has 0 aliphatic rings. The van der Waals surface area contributed by atoms with E-state index >= 15 is 0 Å². The molecule has 0 aromatic carbocycles. The van der Waals surface area contributed by atoms with Crippen LogP contribution in [0.4, 0.5) is 0 Å². The SMILES string of the molecule is CNCCOCCCC#N. The summed E-state index contributed by atoms with van der Waals surface area (Å²) < 4.78 is 5.16. The molecule has 1 N–H and O–H groups in total. The number of likely N-dealkylation sites (N-methyl/N-ethyl adjacent to an activating group) is 1. The van der Waals surface area contributed by atoms with Crippen molar-refractivity contribution in [2.24, 2.45) is 0 Å². The molecule has 3 nitrogen and oxygen atoms in total. The van der Waals surface area contributed by atoms with Gasteiger partial charge in [-0.25, -0.2) is 0 Å². The Morgan fingerprint density at radius 3 is 2.90 bits per heavy atom. The molecule has 0 spiro atoms. The predicted octanol–water partition coefficient (Wildman–Crippen LogP) is 0.526. The zero-order valence-corrected chi connectivity index (χ0v) is 6.39. The maximum absolute atomic E-state index is 8.15. The molecule has 0 radical (unpaired) electrons. The largest absolute Gasteiger partial charge is 0.380 e. The molecule has 0 aliphatic carbocycles. The van der Waals surface area contributed by atoms with Crippen molar-refractivity contribution in [1.82, 2.24) is 5.32 Å². The Labute approximate surface area is 62.0 Å². The number of ether oxygens (including phenoxy) is 1. The highest BCUT2D eigenvalue weighted by Gasteiger charge is 1.86. The van der Waals surface area contributed by atoms with Crippen molar-refractivity contribution >= 4 is 0 Å². The van der Waals surface area contributed by atoms with Gasteiger partial charge in [-0.3, -0.25) is 0 Å². The van der Waals surface area contributed by atoms with Gasteiger partial charge in [-0.05, 0) is 13.5 Å². The van der Waals surface area contributed by atoms with Crippen molar-refractivity contribution in [1.29, 1.82) is 5.26 Å². The number of hydrogen-bond donors (Lipinski definition) is 1. The summed E-state index contributed by atoms with van der Waals surface area (Å²) in [6.45, 7) is 2.32. The minimum Gasteiger partial charge on any atom is -0.380 e. The minimum absolute atomic E-state index is 0.597. The lowest BCUT2D eigenvalue weighted by atomic mass is 10.3. The quantitative estimate of drug-likeness (QED) is 0.550. The smallest absolute Gasteiger partial charge is 0.0622 e. The zero-order valence-electron chi connectivity index (χ0n) is 6.39. The average molecular weight is 142 g/mol. The van der Waals surface area contributed by atoms with Gasteiger partial charge in [0, 0.05) is 19.6 Å². The summed E-state index contributed by atoms with van der Waals surface area (Å²) in [4.78, 5) is 0. The molecular formula is C7H14N2O. The van der Waals surface area contributed by atoms with Crippen LogP contribution in [0.15, 0.2) is 0 Å². The lowest BCUT2D eigenvalue weighted by Gasteiger charge is -2.00. The third-order valence-electron chi connectivity index (χ3n) is 1.07. The normalized spacial score (nSPS) is 9.20. The van der Waals surface area contributed by atoms with Gasteiger partial charge in [0.05, 0.1) is 12.7 Å². The van der Waals surface area contributed by atoms with Gasteiger partial charge in [0.1, 0.15) is 0 Å². The molecule has 58 valence electrons. The van der Waals surface area contributed by atoms with Crippen LogP contribution in [-0.2, 0) is 4.74 Å². The summed E-state index contributed by atoms with van der Waals surface area (Å²) >= 11 is 0. The second-order valence-corrected chi connectivity index (χ2v) is 1.98. The third kappa shape index (κ3) is 7.41. The van der Waals surface area contributed by atoms with Crippen LogP contribution < -0.4 is 5.32 Å². The van der Waals surface area contributed by atoms with Crippen LogP contribution in [0.25, 0.3) is 0 Å². The lowest BCUT2D eigenvalue weighted by molar-refractivity contribution is 0.136. The number of rotatable bonds is 6. The fourth-order valence-electron chi connectivity index (χ4n) is 0.530. The molecule has 0 bridgehead atoms. The lowest BCUT2D eigenvalue weighted by Crippen LogP contribution is -2.14. The van der Waals surface area contributed by atoms with Gasteiger partial charge in [0.25, 0.3) is 0 Å². The van der Waals surface area contributed by atoms with Crippen LogP contribution >= 0.6 is 0 Å². The summed E-state index contributed by atoms with van der Waals surface area (Å²) in [5.74, 6) is 0. The molecule has 0 fully saturated rings. The Morgan fingerprint density at radius 1 is 1.50 bits per heavy atom. The van der Waals surface area contributed by atoms with Crippen LogP contribution in [0.2, 0.25) is 0 Å². The Bertz CT molecular complexity index is 98.3. The van der Waals surface area contributed by atoms with Gasteiger partial charge < -0.3 is 10.1 Å². The standard InChI is InChI=1S/C7H14N2O/c1-9-5-7-10-6-3-2-4-8/h9H,2-3,5-7H2,1H3. The highest BCUT2D eigenvalue weighted by atomic mass is 16.5. The molecule has 0 heterocycles. The first kappa shape index (κ1) is 9.41. The van der Waals surface area contributed by atoms with Gasteiger partial charge >= 0.3 is 0 Å². The summed E-state index contributed by atoms with van der Waals surface area (Å²) in [5.41, 5.74) is 0. The Hall–Kier alpha value is -0.590. The monoisotopic (exact) mass is 142 g/mol. The molecular weight excluding hydrogens is 128 g/mol.